The van der Waals surface area contributed by atoms with E-state index < -0.39 is 0 Å². The first-order valence-electron chi connectivity index (χ1n) is 8.06. The number of anilines is 2. The lowest BCUT2D eigenvalue weighted by Crippen LogP contribution is -2.36. The molecule has 1 aliphatic heterocycles. The molecule has 0 aliphatic carbocycles. The van der Waals surface area contributed by atoms with Crippen LogP contribution in [0.3, 0.4) is 0 Å². The molecule has 0 radical (unpaired) electrons. The van der Waals surface area contributed by atoms with Crippen molar-refractivity contribution in [2.45, 2.75) is 13.5 Å². The van der Waals surface area contributed by atoms with Gasteiger partial charge in [-0.3, -0.25) is 0 Å². The minimum atomic E-state index is 0.796. The number of rotatable bonds is 5. The molecule has 0 unspecified atom stereocenters. The first-order chi connectivity index (χ1) is 11.3. The summed E-state index contributed by atoms with van der Waals surface area (Å²) in [5.74, 6) is 0.887. The first kappa shape index (κ1) is 15.7. The number of morpholine rings is 1. The van der Waals surface area contributed by atoms with Gasteiger partial charge in [0.25, 0.3) is 0 Å². The molecule has 4 heteroatoms. The van der Waals surface area contributed by atoms with Gasteiger partial charge in [0.05, 0.1) is 31.7 Å². The van der Waals surface area contributed by atoms with Crippen molar-refractivity contribution in [2.75, 3.05) is 43.6 Å². The molecule has 23 heavy (non-hydrogen) atoms. The Hall–Kier alpha value is -2.20. The fraction of sp³-hybridized carbons (Fsp3) is 0.368. The Labute approximate surface area is 138 Å². The summed E-state index contributed by atoms with van der Waals surface area (Å²) < 4.78 is 10.7. The zero-order valence-electron chi connectivity index (χ0n) is 13.8. The van der Waals surface area contributed by atoms with E-state index in [4.69, 9.17) is 9.47 Å². The van der Waals surface area contributed by atoms with Gasteiger partial charge in [-0.25, -0.2) is 0 Å². The Morgan fingerprint density at radius 3 is 2.52 bits per heavy atom. The van der Waals surface area contributed by atoms with E-state index >= 15 is 0 Å². The monoisotopic (exact) mass is 312 g/mol. The van der Waals surface area contributed by atoms with Crippen LogP contribution in [0.1, 0.15) is 11.1 Å². The Balaban J connectivity index is 1.73. The second kappa shape index (κ2) is 7.38. The second-order valence-corrected chi connectivity index (χ2v) is 5.82. The standard InChI is InChI=1S/C19H24N2O2/c1-15-3-8-19(21-9-11-23-12-10-21)18(13-15)20-14-16-4-6-17(22-2)7-5-16/h3-8,13,20H,9-12,14H2,1-2H3. The lowest BCUT2D eigenvalue weighted by molar-refractivity contribution is 0.123. The molecule has 0 aromatic heterocycles. The van der Waals surface area contributed by atoms with Gasteiger partial charge in [0, 0.05) is 19.6 Å². The maximum atomic E-state index is 5.46. The fourth-order valence-electron chi connectivity index (χ4n) is 2.81. The highest BCUT2D eigenvalue weighted by atomic mass is 16.5. The van der Waals surface area contributed by atoms with E-state index in [1.807, 2.05) is 12.1 Å². The van der Waals surface area contributed by atoms with Crippen molar-refractivity contribution in [3.63, 3.8) is 0 Å². The summed E-state index contributed by atoms with van der Waals surface area (Å²) in [6.45, 7) is 6.41. The van der Waals surface area contributed by atoms with Gasteiger partial charge in [0.1, 0.15) is 5.75 Å². The minimum Gasteiger partial charge on any atom is -0.497 e. The minimum absolute atomic E-state index is 0.796. The van der Waals surface area contributed by atoms with E-state index in [-0.39, 0.29) is 0 Å². The van der Waals surface area contributed by atoms with E-state index in [1.165, 1.54) is 22.5 Å². The highest BCUT2D eigenvalue weighted by Crippen LogP contribution is 2.28. The van der Waals surface area contributed by atoms with E-state index in [0.717, 1.165) is 38.6 Å². The molecule has 0 bridgehead atoms. The fourth-order valence-corrected chi connectivity index (χ4v) is 2.81. The van der Waals surface area contributed by atoms with Crippen molar-refractivity contribution >= 4 is 11.4 Å². The molecule has 1 fully saturated rings. The van der Waals surface area contributed by atoms with Crippen LogP contribution in [-0.2, 0) is 11.3 Å². The van der Waals surface area contributed by atoms with Crippen molar-refractivity contribution in [1.82, 2.24) is 0 Å². The largest absolute Gasteiger partial charge is 0.497 e. The predicted molar refractivity (Wildman–Crippen MR) is 94.5 cm³/mol. The number of aryl methyl sites for hydroxylation is 1. The molecule has 2 aromatic carbocycles. The van der Waals surface area contributed by atoms with Crippen molar-refractivity contribution in [1.29, 1.82) is 0 Å². The number of benzene rings is 2. The van der Waals surface area contributed by atoms with Gasteiger partial charge in [0.2, 0.25) is 0 Å². The smallest absolute Gasteiger partial charge is 0.118 e. The van der Waals surface area contributed by atoms with E-state index in [1.54, 1.807) is 7.11 Å². The maximum Gasteiger partial charge on any atom is 0.118 e. The summed E-state index contributed by atoms with van der Waals surface area (Å²) in [5, 5.41) is 3.58. The SMILES string of the molecule is COc1ccc(CNc2cc(C)ccc2N2CCOCC2)cc1. The molecule has 1 saturated heterocycles. The number of ether oxygens (including phenoxy) is 2. The van der Waals surface area contributed by atoms with Crippen molar-refractivity contribution in [3.05, 3.63) is 53.6 Å². The summed E-state index contributed by atoms with van der Waals surface area (Å²) in [6, 6.07) is 14.8. The topological polar surface area (TPSA) is 33.7 Å². The molecule has 2 aromatic rings. The normalized spacial score (nSPS) is 14.6. The van der Waals surface area contributed by atoms with Crippen molar-refractivity contribution in [3.8, 4) is 5.75 Å². The number of nitrogens with zero attached hydrogens (tertiary/aromatic N) is 1. The molecular formula is C19H24N2O2. The Morgan fingerprint density at radius 2 is 1.83 bits per heavy atom. The number of hydrogen-bond acceptors (Lipinski definition) is 4. The quantitative estimate of drug-likeness (QED) is 0.917. The Kier molecular flexibility index (Phi) is 5.03. The third-order valence-corrected chi connectivity index (χ3v) is 4.15. The first-order valence-corrected chi connectivity index (χ1v) is 8.06. The van der Waals surface area contributed by atoms with Gasteiger partial charge in [0.15, 0.2) is 0 Å². The molecule has 1 aliphatic rings. The van der Waals surface area contributed by atoms with Gasteiger partial charge in [-0.1, -0.05) is 18.2 Å². The molecule has 122 valence electrons. The Morgan fingerprint density at radius 1 is 1.09 bits per heavy atom. The van der Waals surface area contributed by atoms with Gasteiger partial charge >= 0.3 is 0 Å². The summed E-state index contributed by atoms with van der Waals surface area (Å²) in [6.07, 6.45) is 0. The molecule has 0 saturated carbocycles. The van der Waals surface area contributed by atoms with Crippen molar-refractivity contribution < 1.29 is 9.47 Å². The molecule has 1 N–H and O–H groups in total. The lowest BCUT2D eigenvalue weighted by Gasteiger charge is -2.31. The lowest BCUT2D eigenvalue weighted by atomic mass is 10.1. The molecule has 4 nitrogen and oxygen atoms in total. The third kappa shape index (κ3) is 3.96. The van der Waals surface area contributed by atoms with E-state index in [2.05, 4.69) is 47.5 Å². The number of methoxy groups -OCH3 is 1. The molecule has 0 atom stereocenters. The molecule has 3 rings (SSSR count). The average Bonchev–Trinajstić information content (AvgIpc) is 2.61. The van der Waals surface area contributed by atoms with Crippen LogP contribution >= 0.6 is 0 Å². The van der Waals surface area contributed by atoms with Crippen LogP contribution in [0.25, 0.3) is 0 Å². The van der Waals surface area contributed by atoms with E-state index in [0.29, 0.717) is 0 Å². The summed E-state index contributed by atoms with van der Waals surface area (Å²) in [5.41, 5.74) is 4.94. The van der Waals surface area contributed by atoms with E-state index in [9.17, 15) is 0 Å². The van der Waals surface area contributed by atoms with Crippen molar-refractivity contribution in [2.24, 2.45) is 0 Å². The van der Waals surface area contributed by atoms with Crippen LogP contribution < -0.4 is 15.0 Å². The van der Waals surface area contributed by atoms with Gasteiger partial charge in [-0.05, 0) is 42.3 Å². The Bertz CT molecular complexity index is 634. The van der Waals surface area contributed by atoms with Gasteiger partial charge in [-0.15, -0.1) is 0 Å². The summed E-state index contributed by atoms with van der Waals surface area (Å²) >= 11 is 0. The van der Waals surface area contributed by atoms with Gasteiger partial charge in [-0.2, -0.15) is 0 Å². The highest BCUT2D eigenvalue weighted by molar-refractivity contribution is 5.71. The van der Waals surface area contributed by atoms with Crippen LogP contribution in [0.15, 0.2) is 42.5 Å². The zero-order valence-corrected chi connectivity index (χ0v) is 13.8. The van der Waals surface area contributed by atoms with Crippen LogP contribution in [0.5, 0.6) is 5.75 Å². The third-order valence-electron chi connectivity index (χ3n) is 4.15. The summed E-state index contributed by atoms with van der Waals surface area (Å²) in [4.78, 5) is 2.39. The zero-order chi connectivity index (χ0) is 16.1. The average molecular weight is 312 g/mol. The number of nitrogens with one attached hydrogen (secondary N) is 1. The molecular weight excluding hydrogens is 288 g/mol. The highest BCUT2D eigenvalue weighted by Gasteiger charge is 2.14. The molecule has 0 amide bonds. The second-order valence-electron chi connectivity index (χ2n) is 5.82. The van der Waals surface area contributed by atoms with Crippen LogP contribution in [0.2, 0.25) is 0 Å². The van der Waals surface area contributed by atoms with Crippen LogP contribution in [0.4, 0.5) is 11.4 Å². The van der Waals surface area contributed by atoms with Crippen LogP contribution in [-0.4, -0.2) is 33.4 Å². The van der Waals surface area contributed by atoms with Crippen LogP contribution in [0, 0.1) is 6.92 Å². The summed E-state index contributed by atoms with van der Waals surface area (Å²) in [7, 11) is 1.69. The molecule has 1 heterocycles. The molecule has 0 spiro atoms. The predicted octanol–water partition coefficient (Wildman–Crippen LogP) is 3.45. The maximum absolute atomic E-state index is 5.46. The van der Waals surface area contributed by atoms with Gasteiger partial charge < -0.3 is 19.7 Å². The number of hydrogen-bond donors (Lipinski definition) is 1.